The van der Waals surface area contributed by atoms with E-state index in [1.807, 2.05) is 27.8 Å². The number of nitrogens with zero attached hydrogens (tertiary/aromatic N) is 2. The molecule has 0 aromatic carbocycles. The minimum absolute atomic E-state index is 0.144. The molecule has 0 aliphatic rings. The van der Waals surface area contributed by atoms with E-state index in [0.29, 0.717) is 11.4 Å². The zero-order chi connectivity index (χ0) is 13.0. The fraction of sp³-hybridized carbons (Fsp3) is 0.692. The molecule has 1 aromatic rings. The van der Waals surface area contributed by atoms with Gasteiger partial charge in [-0.15, -0.1) is 0 Å². The van der Waals surface area contributed by atoms with Crippen molar-refractivity contribution in [3.63, 3.8) is 0 Å². The Labute approximate surface area is 108 Å². The van der Waals surface area contributed by atoms with E-state index in [-0.39, 0.29) is 11.7 Å². The molecule has 96 valence electrons. The number of hydrogen-bond acceptors (Lipinski definition) is 2. The molecule has 4 heteroatoms. The monoisotopic (exact) mass is 256 g/mol. The minimum Gasteiger partial charge on any atom is -0.299 e. The molecule has 0 aliphatic heterocycles. The van der Waals surface area contributed by atoms with Gasteiger partial charge in [-0.2, -0.15) is 5.10 Å². The van der Waals surface area contributed by atoms with Gasteiger partial charge >= 0.3 is 0 Å². The first-order valence-electron chi connectivity index (χ1n) is 6.27. The van der Waals surface area contributed by atoms with Crippen molar-refractivity contribution in [2.45, 2.75) is 46.5 Å². The summed E-state index contributed by atoms with van der Waals surface area (Å²) in [6.45, 7) is 6.11. The lowest BCUT2D eigenvalue weighted by atomic mass is 9.95. The molecule has 0 N–H and O–H groups in total. The lowest BCUT2D eigenvalue weighted by Crippen LogP contribution is -2.17. The van der Waals surface area contributed by atoms with Crippen LogP contribution in [0.1, 0.15) is 45.0 Å². The van der Waals surface area contributed by atoms with Gasteiger partial charge in [-0.3, -0.25) is 9.48 Å². The van der Waals surface area contributed by atoms with Crippen molar-refractivity contribution in [2.24, 2.45) is 13.0 Å². The van der Waals surface area contributed by atoms with Gasteiger partial charge in [0.25, 0.3) is 0 Å². The van der Waals surface area contributed by atoms with E-state index in [1.54, 1.807) is 4.68 Å². The van der Waals surface area contributed by atoms with Crippen LogP contribution in [0.25, 0.3) is 0 Å². The van der Waals surface area contributed by atoms with Crippen molar-refractivity contribution >= 4 is 17.4 Å². The third-order valence-corrected chi connectivity index (χ3v) is 3.72. The Morgan fingerprint density at radius 3 is 2.35 bits per heavy atom. The lowest BCUT2D eigenvalue weighted by molar-refractivity contribution is -0.122. The number of aromatic nitrogens is 2. The molecular formula is C13H21ClN2O. The molecule has 3 nitrogen and oxygen atoms in total. The summed E-state index contributed by atoms with van der Waals surface area (Å²) in [4.78, 5) is 12.1. The second kappa shape index (κ2) is 6.20. The van der Waals surface area contributed by atoms with E-state index in [9.17, 15) is 4.79 Å². The number of halogens is 1. The van der Waals surface area contributed by atoms with Crippen LogP contribution >= 0.6 is 11.6 Å². The second-order valence-electron chi connectivity index (χ2n) is 4.34. The van der Waals surface area contributed by atoms with Crippen LogP contribution in [-0.2, 0) is 24.7 Å². The molecule has 17 heavy (non-hydrogen) atoms. The summed E-state index contributed by atoms with van der Waals surface area (Å²) in [5, 5.41) is 4.99. The summed E-state index contributed by atoms with van der Waals surface area (Å²) in [5.41, 5.74) is 1.72. The molecule has 0 bridgehead atoms. The van der Waals surface area contributed by atoms with Crippen LogP contribution in [0.2, 0.25) is 5.02 Å². The zero-order valence-electron chi connectivity index (χ0n) is 11.1. The van der Waals surface area contributed by atoms with Gasteiger partial charge in [0.15, 0.2) is 0 Å². The van der Waals surface area contributed by atoms with Crippen LogP contribution in [0.5, 0.6) is 0 Å². The molecule has 0 saturated heterocycles. The number of Topliss-reactive ketones (excluding diaryl/α,β-unsaturated/α-hetero) is 1. The van der Waals surface area contributed by atoms with Crippen LogP contribution in [0.15, 0.2) is 0 Å². The molecular weight excluding hydrogens is 236 g/mol. The predicted molar refractivity (Wildman–Crippen MR) is 70.4 cm³/mol. The molecule has 0 radical (unpaired) electrons. The highest BCUT2D eigenvalue weighted by molar-refractivity contribution is 6.32. The molecule has 0 unspecified atom stereocenters. The standard InChI is InChI=1S/C13H21ClN2O/c1-5-9(6-2)12(17)8-11-13(14)10(7-3)15-16(11)4/h9H,5-8H2,1-4H3. The van der Waals surface area contributed by atoms with Crippen molar-refractivity contribution in [2.75, 3.05) is 0 Å². The largest absolute Gasteiger partial charge is 0.299 e. The topological polar surface area (TPSA) is 34.9 Å². The van der Waals surface area contributed by atoms with Crippen molar-refractivity contribution < 1.29 is 4.79 Å². The average molecular weight is 257 g/mol. The lowest BCUT2D eigenvalue weighted by Gasteiger charge is -2.11. The second-order valence-corrected chi connectivity index (χ2v) is 4.72. The summed E-state index contributed by atoms with van der Waals surface area (Å²) in [6.07, 6.45) is 2.98. The first-order valence-corrected chi connectivity index (χ1v) is 6.65. The minimum atomic E-state index is 0.144. The van der Waals surface area contributed by atoms with Crippen LogP contribution in [0.3, 0.4) is 0 Å². The third kappa shape index (κ3) is 3.09. The maximum absolute atomic E-state index is 12.1. The highest BCUT2D eigenvalue weighted by Gasteiger charge is 2.20. The Kier molecular flexibility index (Phi) is 5.19. The molecule has 0 atom stereocenters. The van der Waals surface area contributed by atoms with E-state index in [0.717, 1.165) is 30.7 Å². The van der Waals surface area contributed by atoms with Gasteiger partial charge in [0.1, 0.15) is 5.78 Å². The molecule has 0 aliphatic carbocycles. The summed E-state index contributed by atoms with van der Waals surface area (Å²) < 4.78 is 1.74. The number of hydrogen-bond donors (Lipinski definition) is 0. The molecule has 1 aromatic heterocycles. The van der Waals surface area contributed by atoms with Crippen molar-refractivity contribution in [1.82, 2.24) is 9.78 Å². The SMILES string of the molecule is CCc1nn(C)c(CC(=O)C(CC)CC)c1Cl. The molecule has 0 saturated carbocycles. The fourth-order valence-corrected chi connectivity index (χ4v) is 2.43. The summed E-state index contributed by atoms with van der Waals surface area (Å²) >= 11 is 6.23. The molecule has 0 fully saturated rings. The van der Waals surface area contributed by atoms with Crippen molar-refractivity contribution in [3.8, 4) is 0 Å². The Morgan fingerprint density at radius 1 is 1.35 bits per heavy atom. The summed E-state index contributed by atoms with van der Waals surface area (Å²) in [7, 11) is 1.85. The molecule has 1 rings (SSSR count). The van der Waals surface area contributed by atoms with Gasteiger partial charge in [0, 0.05) is 13.0 Å². The first kappa shape index (κ1) is 14.2. The van der Waals surface area contributed by atoms with Gasteiger partial charge in [0.05, 0.1) is 22.8 Å². The third-order valence-electron chi connectivity index (χ3n) is 3.29. The Bertz CT molecular complexity index is 394. The van der Waals surface area contributed by atoms with E-state index in [4.69, 9.17) is 11.6 Å². The van der Waals surface area contributed by atoms with Crippen LogP contribution in [0.4, 0.5) is 0 Å². The number of aryl methyl sites for hydroxylation is 2. The highest BCUT2D eigenvalue weighted by Crippen LogP contribution is 2.23. The fourth-order valence-electron chi connectivity index (χ4n) is 2.07. The van der Waals surface area contributed by atoms with Gasteiger partial charge in [-0.05, 0) is 19.3 Å². The van der Waals surface area contributed by atoms with E-state index < -0.39 is 0 Å². The van der Waals surface area contributed by atoms with Crippen molar-refractivity contribution in [3.05, 3.63) is 16.4 Å². The van der Waals surface area contributed by atoms with Crippen LogP contribution in [0, 0.1) is 5.92 Å². The quantitative estimate of drug-likeness (QED) is 0.784. The maximum atomic E-state index is 12.1. The van der Waals surface area contributed by atoms with Gasteiger partial charge in [0.2, 0.25) is 0 Å². The normalized spacial score (nSPS) is 11.2. The zero-order valence-corrected chi connectivity index (χ0v) is 11.8. The van der Waals surface area contributed by atoms with Gasteiger partial charge in [-0.1, -0.05) is 32.4 Å². The molecule has 1 heterocycles. The van der Waals surface area contributed by atoms with Crippen LogP contribution in [-0.4, -0.2) is 15.6 Å². The smallest absolute Gasteiger partial charge is 0.141 e. The van der Waals surface area contributed by atoms with Gasteiger partial charge in [-0.25, -0.2) is 0 Å². The average Bonchev–Trinajstić information content (AvgIpc) is 2.58. The van der Waals surface area contributed by atoms with E-state index >= 15 is 0 Å². The van der Waals surface area contributed by atoms with Crippen LogP contribution < -0.4 is 0 Å². The Morgan fingerprint density at radius 2 is 1.94 bits per heavy atom. The Hall–Kier alpha value is -0.830. The number of rotatable bonds is 6. The summed E-state index contributed by atoms with van der Waals surface area (Å²) in [5.74, 6) is 0.411. The number of ketones is 1. The first-order chi connectivity index (χ1) is 8.04. The van der Waals surface area contributed by atoms with E-state index in [2.05, 4.69) is 5.10 Å². The highest BCUT2D eigenvalue weighted by atomic mass is 35.5. The van der Waals surface area contributed by atoms with E-state index in [1.165, 1.54) is 0 Å². The maximum Gasteiger partial charge on any atom is 0.141 e. The molecule has 0 amide bonds. The summed E-state index contributed by atoms with van der Waals surface area (Å²) in [6, 6.07) is 0. The Balaban J connectivity index is 2.88. The predicted octanol–water partition coefficient (Wildman–Crippen LogP) is 3.18. The number of carbonyl (C=O) groups is 1. The number of carbonyl (C=O) groups excluding carboxylic acids is 1. The molecule has 0 spiro atoms. The van der Waals surface area contributed by atoms with Gasteiger partial charge < -0.3 is 0 Å². The van der Waals surface area contributed by atoms with Crippen molar-refractivity contribution in [1.29, 1.82) is 0 Å².